The van der Waals surface area contributed by atoms with Crippen LogP contribution in [0, 0.1) is 0 Å². The Kier molecular flexibility index (Phi) is 4.11. The Hall–Kier alpha value is -0.860. The van der Waals surface area contributed by atoms with E-state index in [2.05, 4.69) is 36.1 Å². The summed E-state index contributed by atoms with van der Waals surface area (Å²) < 4.78 is 0. The zero-order valence-electron chi connectivity index (χ0n) is 9.33. The van der Waals surface area contributed by atoms with Crippen molar-refractivity contribution >= 4 is 0 Å². The number of aryl methyl sites for hydroxylation is 1. The summed E-state index contributed by atoms with van der Waals surface area (Å²) >= 11 is 0. The highest BCUT2D eigenvalue weighted by Gasteiger charge is 2.06. The van der Waals surface area contributed by atoms with Gasteiger partial charge in [0.2, 0.25) is 0 Å². The quantitative estimate of drug-likeness (QED) is 0.788. The van der Waals surface area contributed by atoms with Gasteiger partial charge < -0.3 is 10.6 Å². The van der Waals surface area contributed by atoms with Gasteiger partial charge in [-0.15, -0.1) is 0 Å². The first-order valence-corrected chi connectivity index (χ1v) is 5.12. The first-order chi connectivity index (χ1) is 6.63. The van der Waals surface area contributed by atoms with Crippen molar-refractivity contribution < 1.29 is 0 Å². The first kappa shape index (κ1) is 11.2. The molecule has 1 atom stereocenters. The predicted octanol–water partition coefficient (Wildman–Crippen LogP) is 1.81. The molecule has 0 bridgehead atoms. The third-order valence-electron chi connectivity index (χ3n) is 2.35. The lowest BCUT2D eigenvalue weighted by molar-refractivity contribution is 0.376. The van der Waals surface area contributed by atoms with Crippen molar-refractivity contribution in [2.75, 3.05) is 20.6 Å². The highest BCUT2D eigenvalue weighted by molar-refractivity contribution is 5.26. The summed E-state index contributed by atoms with van der Waals surface area (Å²) in [6, 6.07) is 8.66. The van der Waals surface area contributed by atoms with Crippen LogP contribution in [0.4, 0.5) is 0 Å². The van der Waals surface area contributed by atoms with E-state index in [1.54, 1.807) is 0 Å². The fourth-order valence-corrected chi connectivity index (χ4v) is 1.54. The van der Waals surface area contributed by atoms with Crippen molar-refractivity contribution in [1.29, 1.82) is 0 Å². The van der Waals surface area contributed by atoms with Crippen LogP contribution in [-0.4, -0.2) is 25.5 Å². The third kappa shape index (κ3) is 3.13. The highest BCUT2D eigenvalue weighted by Crippen LogP contribution is 2.13. The van der Waals surface area contributed by atoms with Gasteiger partial charge >= 0.3 is 0 Å². The molecule has 0 spiro atoms. The van der Waals surface area contributed by atoms with Crippen LogP contribution in [0.5, 0.6) is 0 Å². The lowest BCUT2D eigenvalue weighted by atomic mass is 10.0. The molecule has 0 fully saturated rings. The monoisotopic (exact) mass is 192 g/mol. The molecular weight excluding hydrogens is 172 g/mol. The van der Waals surface area contributed by atoms with E-state index in [-0.39, 0.29) is 6.04 Å². The van der Waals surface area contributed by atoms with Crippen molar-refractivity contribution in [3.05, 3.63) is 35.4 Å². The molecule has 1 aromatic carbocycles. The van der Waals surface area contributed by atoms with Crippen molar-refractivity contribution in [1.82, 2.24) is 4.90 Å². The van der Waals surface area contributed by atoms with Gasteiger partial charge in [0.15, 0.2) is 0 Å². The Morgan fingerprint density at radius 3 is 2.64 bits per heavy atom. The number of hydrogen-bond donors (Lipinski definition) is 1. The number of benzene rings is 1. The number of rotatable bonds is 4. The summed E-state index contributed by atoms with van der Waals surface area (Å²) in [5, 5.41) is 0. The minimum absolute atomic E-state index is 0.122. The fraction of sp³-hybridized carbons (Fsp3) is 0.500. The smallest absolute Gasteiger partial charge is 0.0424 e. The normalized spacial score (nSPS) is 13.2. The van der Waals surface area contributed by atoms with Crippen LogP contribution in [-0.2, 0) is 6.42 Å². The van der Waals surface area contributed by atoms with Gasteiger partial charge in [0, 0.05) is 12.6 Å². The molecule has 0 aliphatic rings. The van der Waals surface area contributed by atoms with Crippen LogP contribution in [0.2, 0.25) is 0 Å². The molecule has 78 valence electrons. The number of hydrogen-bond acceptors (Lipinski definition) is 2. The summed E-state index contributed by atoms with van der Waals surface area (Å²) in [7, 11) is 4.09. The van der Waals surface area contributed by atoms with Gasteiger partial charge in [-0.1, -0.05) is 31.2 Å². The SMILES string of the molecule is CCc1cccc(C(N)CN(C)C)c1. The van der Waals surface area contributed by atoms with E-state index in [4.69, 9.17) is 5.73 Å². The summed E-state index contributed by atoms with van der Waals surface area (Å²) in [6.07, 6.45) is 1.07. The van der Waals surface area contributed by atoms with Crippen LogP contribution < -0.4 is 5.73 Å². The van der Waals surface area contributed by atoms with Crippen molar-refractivity contribution in [3.63, 3.8) is 0 Å². The molecule has 0 radical (unpaired) electrons. The van der Waals surface area contributed by atoms with Crippen LogP contribution in [0.3, 0.4) is 0 Å². The van der Waals surface area contributed by atoms with E-state index in [1.165, 1.54) is 11.1 Å². The van der Waals surface area contributed by atoms with Gasteiger partial charge in [0.05, 0.1) is 0 Å². The predicted molar refractivity (Wildman–Crippen MR) is 61.3 cm³/mol. The average Bonchev–Trinajstić information content (AvgIpc) is 2.17. The Balaban J connectivity index is 2.73. The Morgan fingerprint density at radius 1 is 1.36 bits per heavy atom. The summed E-state index contributed by atoms with van der Waals surface area (Å²) in [5.41, 5.74) is 8.67. The molecule has 0 heterocycles. The van der Waals surface area contributed by atoms with Gasteiger partial charge in [-0.05, 0) is 31.6 Å². The Labute approximate surface area is 86.7 Å². The molecule has 0 saturated carbocycles. The summed E-state index contributed by atoms with van der Waals surface area (Å²) in [4.78, 5) is 2.11. The summed E-state index contributed by atoms with van der Waals surface area (Å²) in [5.74, 6) is 0. The number of nitrogens with zero attached hydrogens (tertiary/aromatic N) is 1. The minimum atomic E-state index is 0.122. The second-order valence-corrected chi connectivity index (χ2v) is 3.97. The molecule has 0 saturated heterocycles. The highest BCUT2D eigenvalue weighted by atomic mass is 15.1. The molecular formula is C12H20N2. The molecule has 0 amide bonds. The van der Waals surface area contributed by atoms with E-state index >= 15 is 0 Å². The maximum Gasteiger partial charge on any atom is 0.0424 e. The van der Waals surface area contributed by atoms with Gasteiger partial charge in [-0.2, -0.15) is 0 Å². The average molecular weight is 192 g/mol. The van der Waals surface area contributed by atoms with Crippen LogP contribution >= 0.6 is 0 Å². The largest absolute Gasteiger partial charge is 0.323 e. The standard InChI is InChI=1S/C12H20N2/c1-4-10-6-5-7-11(8-10)12(13)9-14(2)3/h5-8,12H,4,9,13H2,1-3H3. The maximum absolute atomic E-state index is 6.08. The zero-order valence-corrected chi connectivity index (χ0v) is 9.33. The molecule has 2 heteroatoms. The van der Waals surface area contributed by atoms with Gasteiger partial charge in [0.1, 0.15) is 0 Å². The maximum atomic E-state index is 6.08. The molecule has 1 aromatic rings. The number of likely N-dealkylation sites (N-methyl/N-ethyl adjacent to an activating group) is 1. The Morgan fingerprint density at radius 2 is 2.07 bits per heavy atom. The molecule has 14 heavy (non-hydrogen) atoms. The van der Waals surface area contributed by atoms with E-state index in [0.29, 0.717) is 0 Å². The molecule has 2 nitrogen and oxygen atoms in total. The van der Waals surface area contributed by atoms with Gasteiger partial charge in [-0.25, -0.2) is 0 Å². The molecule has 0 aromatic heterocycles. The lowest BCUT2D eigenvalue weighted by Crippen LogP contribution is -2.26. The van der Waals surface area contributed by atoms with Gasteiger partial charge in [0.25, 0.3) is 0 Å². The van der Waals surface area contributed by atoms with E-state index in [9.17, 15) is 0 Å². The fourth-order valence-electron chi connectivity index (χ4n) is 1.54. The van der Waals surface area contributed by atoms with Gasteiger partial charge in [-0.3, -0.25) is 0 Å². The van der Waals surface area contributed by atoms with Crippen LogP contribution in [0.25, 0.3) is 0 Å². The lowest BCUT2D eigenvalue weighted by Gasteiger charge is -2.17. The number of nitrogens with two attached hydrogens (primary N) is 1. The topological polar surface area (TPSA) is 29.3 Å². The molecule has 0 aliphatic carbocycles. The molecule has 1 unspecified atom stereocenters. The van der Waals surface area contributed by atoms with E-state index in [0.717, 1.165) is 13.0 Å². The second-order valence-electron chi connectivity index (χ2n) is 3.97. The van der Waals surface area contributed by atoms with Crippen molar-refractivity contribution in [2.24, 2.45) is 5.73 Å². The second kappa shape index (κ2) is 5.13. The third-order valence-corrected chi connectivity index (χ3v) is 2.35. The van der Waals surface area contributed by atoms with E-state index < -0.39 is 0 Å². The molecule has 0 aliphatic heterocycles. The van der Waals surface area contributed by atoms with Crippen molar-refractivity contribution in [3.8, 4) is 0 Å². The Bertz CT molecular complexity index is 281. The molecule has 1 rings (SSSR count). The molecule has 2 N–H and O–H groups in total. The van der Waals surface area contributed by atoms with Crippen molar-refractivity contribution in [2.45, 2.75) is 19.4 Å². The van der Waals surface area contributed by atoms with Crippen LogP contribution in [0.15, 0.2) is 24.3 Å². The van der Waals surface area contributed by atoms with Crippen LogP contribution in [0.1, 0.15) is 24.1 Å². The zero-order chi connectivity index (χ0) is 10.6. The van der Waals surface area contributed by atoms with E-state index in [1.807, 2.05) is 14.1 Å². The summed E-state index contributed by atoms with van der Waals surface area (Å²) in [6.45, 7) is 3.06. The minimum Gasteiger partial charge on any atom is -0.323 e. The first-order valence-electron chi connectivity index (χ1n) is 5.12.